The average molecular weight is 479 g/mol. The first-order valence-corrected chi connectivity index (χ1v) is 13.3. The summed E-state index contributed by atoms with van der Waals surface area (Å²) in [5.41, 5.74) is -1.79. The molecule has 0 spiro atoms. The van der Waals surface area contributed by atoms with Crippen LogP contribution in [0.15, 0.2) is 11.6 Å². The molecule has 0 aliphatic heterocycles. The van der Waals surface area contributed by atoms with Crippen LogP contribution in [0.2, 0.25) is 0 Å². The Morgan fingerprint density at radius 3 is 2.41 bits per heavy atom. The number of carbonyl (C=O) groups excluding carboxylic acids is 1. The predicted octanol–water partition coefficient (Wildman–Crippen LogP) is 3.39. The quantitative estimate of drug-likeness (QED) is 0.466. The van der Waals surface area contributed by atoms with Gasteiger partial charge in [-0.05, 0) is 93.1 Å². The van der Waals surface area contributed by atoms with Gasteiger partial charge in [-0.15, -0.1) is 0 Å². The highest BCUT2D eigenvalue weighted by molar-refractivity contribution is 5.95. The van der Waals surface area contributed by atoms with Crippen molar-refractivity contribution in [3.05, 3.63) is 11.6 Å². The van der Waals surface area contributed by atoms with E-state index < -0.39 is 40.3 Å². The summed E-state index contributed by atoms with van der Waals surface area (Å²) in [4.78, 5) is 13.4. The first-order chi connectivity index (χ1) is 15.7. The standard InChI is InChI=1S/C28H46O6/c1-16(2)7-8-24(32)27(5,33)23-10-12-28(34-6)18-13-20(29)19-14-21(30)22(31)15-25(19,3)17(18)9-11-26(23,28)4/h13,16-17,19,21-24,30-33H,7-12,14-15H2,1-6H3/t17?,19-,21+,22-,23-,24+,25+,26+,27+,28+/m0/s1. The van der Waals surface area contributed by atoms with Crippen molar-refractivity contribution in [2.45, 2.75) is 115 Å². The molecule has 0 amide bonds. The summed E-state index contributed by atoms with van der Waals surface area (Å²) in [5, 5.41) is 43.6. The van der Waals surface area contributed by atoms with E-state index in [1.165, 1.54) is 0 Å². The highest BCUT2D eigenvalue weighted by Crippen LogP contribution is 2.69. The van der Waals surface area contributed by atoms with Crippen LogP contribution >= 0.6 is 0 Å². The van der Waals surface area contributed by atoms with Gasteiger partial charge in [0.05, 0.1) is 29.5 Å². The lowest BCUT2D eigenvalue weighted by Crippen LogP contribution is -2.63. The first-order valence-electron chi connectivity index (χ1n) is 13.3. The van der Waals surface area contributed by atoms with E-state index in [1.807, 2.05) is 0 Å². The molecule has 3 saturated carbocycles. The van der Waals surface area contributed by atoms with Crippen molar-refractivity contribution in [3.8, 4) is 0 Å². The molecule has 3 fully saturated rings. The van der Waals surface area contributed by atoms with Gasteiger partial charge in [-0.25, -0.2) is 0 Å². The van der Waals surface area contributed by atoms with Gasteiger partial charge in [0.2, 0.25) is 0 Å². The van der Waals surface area contributed by atoms with Crippen LogP contribution in [0, 0.1) is 34.5 Å². The van der Waals surface area contributed by atoms with Crippen molar-refractivity contribution in [1.82, 2.24) is 0 Å². The molecule has 6 nitrogen and oxygen atoms in total. The van der Waals surface area contributed by atoms with Gasteiger partial charge in [-0.1, -0.05) is 27.7 Å². The molecule has 194 valence electrons. The van der Waals surface area contributed by atoms with E-state index in [4.69, 9.17) is 4.74 Å². The fraction of sp³-hybridized carbons (Fsp3) is 0.893. The van der Waals surface area contributed by atoms with E-state index in [1.54, 1.807) is 20.1 Å². The molecular weight excluding hydrogens is 432 g/mol. The zero-order valence-corrected chi connectivity index (χ0v) is 21.9. The summed E-state index contributed by atoms with van der Waals surface area (Å²) < 4.78 is 6.37. The van der Waals surface area contributed by atoms with Crippen molar-refractivity contribution >= 4 is 5.78 Å². The van der Waals surface area contributed by atoms with Crippen LogP contribution in [-0.4, -0.2) is 62.8 Å². The zero-order chi connectivity index (χ0) is 25.3. The van der Waals surface area contributed by atoms with Gasteiger partial charge in [0.15, 0.2) is 5.78 Å². The molecule has 4 aliphatic rings. The van der Waals surface area contributed by atoms with Crippen molar-refractivity contribution in [1.29, 1.82) is 0 Å². The van der Waals surface area contributed by atoms with Crippen LogP contribution in [0.1, 0.15) is 86.0 Å². The maximum absolute atomic E-state index is 13.4. The number of ether oxygens (including phenoxy) is 1. The summed E-state index contributed by atoms with van der Waals surface area (Å²) in [6.07, 6.45) is 4.46. The molecule has 4 rings (SSSR count). The SMILES string of the molecule is CO[C@@]12CC[C@H]([C@@](C)(O)[C@H](O)CCC(C)C)[C@@]1(C)CCC1C2=CC(=O)[C@@H]2C[C@@H](O)[C@@H](O)C[C@]12C. The largest absolute Gasteiger partial charge is 0.390 e. The van der Waals surface area contributed by atoms with Crippen LogP contribution in [-0.2, 0) is 9.53 Å². The number of allylic oxidation sites excluding steroid dienone is 1. The Kier molecular flexibility index (Phi) is 6.69. The van der Waals surface area contributed by atoms with Crippen molar-refractivity contribution in [2.75, 3.05) is 7.11 Å². The van der Waals surface area contributed by atoms with E-state index in [2.05, 4.69) is 27.7 Å². The van der Waals surface area contributed by atoms with Gasteiger partial charge in [0, 0.05) is 18.4 Å². The number of aliphatic hydroxyl groups is 4. The minimum atomic E-state index is -1.26. The molecule has 0 aromatic carbocycles. The third-order valence-corrected chi connectivity index (χ3v) is 10.8. The highest BCUT2D eigenvalue weighted by Gasteiger charge is 2.69. The smallest absolute Gasteiger partial charge is 0.159 e. The highest BCUT2D eigenvalue weighted by atomic mass is 16.5. The van der Waals surface area contributed by atoms with Gasteiger partial charge in [-0.2, -0.15) is 0 Å². The zero-order valence-electron chi connectivity index (χ0n) is 21.9. The predicted molar refractivity (Wildman–Crippen MR) is 130 cm³/mol. The van der Waals surface area contributed by atoms with Crippen molar-refractivity contribution < 1.29 is 30.0 Å². The Morgan fingerprint density at radius 2 is 1.79 bits per heavy atom. The second-order valence-corrected chi connectivity index (χ2v) is 13.0. The third-order valence-electron chi connectivity index (χ3n) is 10.8. The lowest BCUT2D eigenvalue weighted by Gasteiger charge is -2.61. The minimum absolute atomic E-state index is 0.0209. The number of hydrogen-bond donors (Lipinski definition) is 4. The molecule has 0 saturated heterocycles. The van der Waals surface area contributed by atoms with E-state index in [9.17, 15) is 25.2 Å². The average Bonchev–Trinajstić information content (AvgIpc) is 3.08. The van der Waals surface area contributed by atoms with Crippen LogP contribution in [0.3, 0.4) is 0 Å². The molecule has 34 heavy (non-hydrogen) atoms. The molecule has 0 radical (unpaired) electrons. The van der Waals surface area contributed by atoms with E-state index >= 15 is 0 Å². The molecule has 0 aromatic heterocycles. The van der Waals surface area contributed by atoms with Gasteiger partial charge in [-0.3, -0.25) is 4.79 Å². The summed E-state index contributed by atoms with van der Waals surface area (Å²) >= 11 is 0. The monoisotopic (exact) mass is 478 g/mol. The second-order valence-electron chi connectivity index (χ2n) is 13.0. The number of rotatable bonds is 6. The van der Waals surface area contributed by atoms with Gasteiger partial charge >= 0.3 is 0 Å². The molecule has 4 N–H and O–H groups in total. The summed E-state index contributed by atoms with van der Waals surface area (Å²) in [6, 6.07) is 0. The van der Waals surface area contributed by atoms with Crippen molar-refractivity contribution in [2.24, 2.45) is 34.5 Å². The molecule has 0 heterocycles. The lowest BCUT2D eigenvalue weighted by atomic mass is 9.45. The number of methoxy groups -OCH3 is 1. The number of aliphatic hydroxyl groups excluding tert-OH is 3. The number of fused-ring (bicyclic) bond motifs is 5. The fourth-order valence-corrected chi connectivity index (χ4v) is 8.75. The number of ketones is 1. The van der Waals surface area contributed by atoms with Gasteiger partial charge in [0.25, 0.3) is 0 Å². The van der Waals surface area contributed by atoms with E-state index in [0.29, 0.717) is 31.6 Å². The summed E-state index contributed by atoms with van der Waals surface area (Å²) in [6.45, 7) is 10.3. The molecular formula is C28H46O6. The number of hydrogen-bond acceptors (Lipinski definition) is 6. The van der Waals surface area contributed by atoms with Crippen LogP contribution in [0.4, 0.5) is 0 Å². The maximum Gasteiger partial charge on any atom is 0.159 e. The Hall–Kier alpha value is -0.790. The van der Waals surface area contributed by atoms with Crippen LogP contribution < -0.4 is 0 Å². The van der Waals surface area contributed by atoms with E-state index in [-0.39, 0.29) is 23.5 Å². The molecule has 10 atom stereocenters. The van der Waals surface area contributed by atoms with Crippen molar-refractivity contribution in [3.63, 3.8) is 0 Å². The maximum atomic E-state index is 13.4. The lowest BCUT2D eigenvalue weighted by molar-refractivity contribution is -0.183. The molecule has 1 unspecified atom stereocenters. The van der Waals surface area contributed by atoms with E-state index in [0.717, 1.165) is 31.3 Å². The Labute approximate surface area is 204 Å². The van der Waals surface area contributed by atoms with Gasteiger partial charge < -0.3 is 25.2 Å². The topological polar surface area (TPSA) is 107 Å². The molecule has 0 aromatic rings. The second kappa shape index (κ2) is 8.65. The van der Waals surface area contributed by atoms with Crippen LogP contribution in [0.25, 0.3) is 0 Å². The van der Waals surface area contributed by atoms with Crippen LogP contribution in [0.5, 0.6) is 0 Å². The molecule has 4 aliphatic carbocycles. The molecule has 0 bridgehead atoms. The molecule has 6 heteroatoms. The summed E-state index contributed by atoms with van der Waals surface area (Å²) in [7, 11) is 1.71. The Bertz CT molecular complexity index is 835. The summed E-state index contributed by atoms with van der Waals surface area (Å²) in [5.74, 6) is 0.0986. The number of carbonyl (C=O) groups is 1. The third kappa shape index (κ3) is 3.58. The Morgan fingerprint density at radius 1 is 1.12 bits per heavy atom. The Balaban J connectivity index is 1.72. The fourth-order valence-electron chi connectivity index (χ4n) is 8.75. The first kappa shape index (κ1) is 26.3. The normalized spacial score (nSPS) is 46.9. The van der Waals surface area contributed by atoms with Gasteiger partial charge in [0.1, 0.15) is 0 Å². The minimum Gasteiger partial charge on any atom is -0.390 e.